The fourth-order valence-electron chi connectivity index (χ4n) is 5.67. The van der Waals surface area contributed by atoms with Crippen molar-refractivity contribution in [3.05, 3.63) is 46.1 Å². The van der Waals surface area contributed by atoms with Crippen LogP contribution in [0.3, 0.4) is 0 Å². The first-order chi connectivity index (χ1) is 15.8. The predicted molar refractivity (Wildman–Crippen MR) is 125 cm³/mol. The molecule has 1 saturated heterocycles. The minimum absolute atomic E-state index is 0.0684. The molecule has 0 unspecified atom stereocenters. The third kappa shape index (κ3) is 3.43. The molecule has 2 aliphatic carbocycles. The number of halogens is 2. The van der Waals surface area contributed by atoms with Crippen LogP contribution in [-0.4, -0.2) is 38.6 Å². The molecular formula is C24H26BrFN4O3. The number of rotatable bonds is 3. The van der Waals surface area contributed by atoms with Gasteiger partial charge in [0.2, 0.25) is 0 Å². The van der Waals surface area contributed by atoms with E-state index in [0.29, 0.717) is 12.2 Å². The molecule has 4 atom stereocenters. The molecule has 0 radical (unpaired) electrons. The number of fused-ring (bicyclic) bond motifs is 3. The summed E-state index contributed by atoms with van der Waals surface area (Å²) in [4.78, 5) is 8.63. The van der Waals surface area contributed by atoms with Crippen LogP contribution in [0.1, 0.15) is 50.3 Å². The van der Waals surface area contributed by atoms with Gasteiger partial charge in [-0.05, 0) is 73.2 Å². The molecule has 7 nitrogen and oxygen atoms in total. The van der Waals surface area contributed by atoms with Crippen LogP contribution in [0.25, 0.3) is 11.0 Å². The Balaban J connectivity index is 1.38. The lowest BCUT2D eigenvalue weighted by Gasteiger charge is -2.26. The molecule has 3 aromatic rings. The maximum atomic E-state index is 14.4. The lowest BCUT2D eigenvalue weighted by molar-refractivity contribution is -0.163. The molecule has 9 heteroatoms. The number of nitrogens with zero attached hydrogens (tertiary/aromatic N) is 3. The van der Waals surface area contributed by atoms with E-state index in [9.17, 15) is 4.39 Å². The monoisotopic (exact) mass is 516 g/mol. The largest absolute Gasteiger partial charge is 0.487 e. The van der Waals surface area contributed by atoms with Gasteiger partial charge in [0, 0.05) is 22.7 Å². The zero-order chi connectivity index (χ0) is 22.9. The number of nitrogen functional groups attached to an aromatic ring is 1. The first kappa shape index (κ1) is 21.3. The van der Waals surface area contributed by atoms with E-state index in [1.54, 1.807) is 6.07 Å². The molecule has 2 aromatic heterocycles. The number of aromatic nitrogens is 3. The fraction of sp³-hybridized carbons (Fsp3) is 0.500. The van der Waals surface area contributed by atoms with Gasteiger partial charge in [-0.15, -0.1) is 0 Å². The Kier molecular flexibility index (Phi) is 4.94. The number of benzene rings is 1. The smallest absolute Gasteiger partial charge is 0.164 e. The normalized spacial score (nSPS) is 28.1. The molecule has 3 heterocycles. The molecule has 33 heavy (non-hydrogen) atoms. The van der Waals surface area contributed by atoms with E-state index in [1.807, 2.05) is 20.0 Å². The first-order valence-electron chi connectivity index (χ1n) is 11.4. The van der Waals surface area contributed by atoms with Gasteiger partial charge in [-0.25, -0.2) is 14.4 Å². The van der Waals surface area contributed by atoms with Gasteiger partial charge in [0.15, 0.2) is 5.79 Å². The van der Waals surface area contributed by atoms with Crippen LogP contribution in [0.2, 0.25) is 0 Å². The summed E-state index contributed by atoms with van der Waals surface area (Å²) in [5.41, 5.74) is 8.65. The molecule has 1 aliphatic heterocycles. The topological polar surface area (TPSA) is 84.4 Å². The molecule has 0 amide bonds. The summed E-state index contributed by atoms with van der Waals surface area (Å²) in [5.74, 6) is 0.317. The second-order valence-electron chi connectivity index (χ2n) is 9.58. The van der Waals surface area contributed by atoms with Gasteiger partial charge in [-0.3, -0.25) is 0 Å². The minimum atomic E-state index is -0.730. The maximum absolute atomic E-state index is 14.4. The number of hydrogen-bond donors (Lipinski definition) is 1. The van der Waals surface area contributed by atoms with Crippen LogP contribution >= 0.6 is 15.9 Å². The Morgan fingerprint density at radius 3 is 2.73 bits per heavy atom. The Labute approximate surface area is 199 Å². The van der Waals surface area contributed by atoms with Gasteiger partial charge in [0.1, 0.15) is 47.7 Å². The number of ether oxygens (including phenoxy) is 3. The summed E-state index contributed by atoms with van der Waals surface area (Å²) in [6.45, 7) is 3.84. The van der Waals surface area contributed by atoms with Crippen LogP contribution in [0.5, 0.6) is 5.75 Å². The average Bonchev–Trinajstić information content (AvgIpc) is 3.39. The van der Waals surface area contributed by atoms with E-state index in [0.717, 1.165) is 58.1 Å². The highest BCUT2D eigenvalue weighted by molar-refractivity contribution is 9.10. The van der Waals surface area contributed by atoms with E-state index in [1.165, 1.54) is 12.4 Å². The fourth-order valence-corrected chi connectivity index (χ4v) is 6.28. The molecule has 174 valence electrons. The van der Waals surface area contributed by atoms with Crippen molar-refractivity contribution in [2.24, 2.45) is 0 Å². The second-order valence-corrected chi connectivity index (χ2v) is 10.4. The molecule has 0 bridgehead atoms. The average molecular weight is 517 g/mol. The Morgan fingerprint density at radius 1 is 1.15 bits per heavy atom. The second kappa shape index (κ2) is 7.65. The van der Waals surface area contributed by atoms with Crippen LogP contribution < -0.4 is 10.5 Å². The molecule has 0 spiro atoms. The predicted octanol–water partition coefficient (Wildman–Crippen LogP) is 4.71. The van der Waals surface area contributed by atoms with E-state index in [2.05, 4.69) is 30.5 Å². The Morgan fingerprint density at radius 2 is 1.91 bits per heavy atom. The molecular weight excluding hydrogens is 491 g/mol. The third-order valence-corrected chi connectivity index (χ3v) is 7.65. The lowest BCUT2D eigenvalue weighted by Crippen LogP contribution is -2.33. The lowest BCUT2D eigenvalue weighted by atomic mass is 9.90. The van der Waals surface area contributed by atoms with Crippen LogP contribution in [0.15, 0.2) is 29.1 Å². The summed E-state index contributed by atoms with van der Waals surface area (Å²) in [5, 5.41) is 0.782. The Hall–Kier alpha value is -2.23. The van der Waals surface area contributed by atoms with Gasteiger partial charge >= 0.3 is 0 Å². The zero-order valence-electron chi connectivity index (χ0n) is 18.6. The number of hydrogen-bond acceptors (Lipinski definition) is 6. The van der Waals surface area contributed by atoms with E-state index in [4.69, 9.17) is 19.9 Å². The van der Waals surface area contributed by atoms with Gasteiger partial charge in [-0.2, -0.15) is 0 Å². The first-order valence-corrected chi connectivity index (χ1v) is 12.2. The molecule has 1 saturated carbocycles. The summed E-state index contributed by atoms with van der Waals surface area (Å²) in [7, 11) is 0. The van der Waals surface area contributed by atoms with Crippen molar-refractivity contribution in [1.82, 2.24) is 14.5 Å². The Bertz CT molecular complexity index is 1250. The van der Waals surface area contributed by atoms with E-state index >= 15 is 0 Å². The van der Waals surface area contributed by atoms with Crippen LogP contribution in [-0.2, 0) is 22.3 Å². The van der Waals surface area contributed by atoms with Crippen LogP contribution in [0, 0.1) is 5.82 Å². The van der Waals surface area contributed by atoms with Crippen molar-refractivity contribution in [3.8, 4) is 5.75 Å². The number of anilines is 1. The number of nitrogens with two attached hydrogens (primary N) is 1. The highest BCUT2D eigenvalue weighted by Gasteiger charge is 2.56. The minimum Gasteiger partial charge on any atom is -0.487 e. The van der Waals surface area contributed by atoms with Crippen molar-refractivity contribution >= 4 is 32.8 Å². The quantitative estimate of drug-likeness (QED) is 0.542. The standard InChI is InChI=1S/C24H26BrFN4O3/c1-24(2)32-20-16(30-10-14(25)19-22(27)28-11-29-23(19)30)9-18(21(20)33-24)31-17-8-7-15(26)12-5-3-4-6-13(12)17/h7-8,10-11,16,18,20-21H,3-6,9H2,1-2H3,(H2,27,28,29)/t16-,18+,20+,21-/m1/s1. The molecule has 3 aliphatic rings. The van der Waals surface area contributed by atoms with Gasteiger partial charge in [0.25, 0.3) is 0 Å². The van der Waals surface area contributed by atoms with Crippen molar-refractivity contribution in [1.29, 1.82) is 0 Å². The highest BCUT2D eigenvalue weighted by Crippen LogP contribution is 2.47. The summed E-state index contributed by atoms with van der Waals surface area (Å²) in [6, 6.07) is 3.22. The van der Waals surface area contributed by atoms with Gasteiger partial charge < -0.3 is 24.5 Å². The third-order valence-electron chi connectivity index (χ3n) is 7.05. The van der Waals surface area contributed by atoms with Crippen molar-refractivity contribution in [2.75, 3.05) is 5.73 Å². The maximum Gasteiger partial charge on any atom is 0.164 e. The van der Waals surface area contributed by atoms with Crippen LogP contribution in [0.4, 0.5) is 10.2 Å². The summed E-state index contributed by atoms with van der Waals surface area (Å²) < 4.78 is 36.6. The van der Waals surface area contributed by atoms with E-state index < -0.39 is 5.79 Å². The van der Waals surface area contributed by atoms with E-state index in [-0.39, 0.29) is 30.2 Å². The van der Waals surface area contributed by atoms with Gasteiger partial charge in [0.05, 0.1) is 11.4 Å². The molecule has 1 aromatic carbocycles. The summed E-state index contributed by atoms with van der Waals surface area (Å²) >= 11 is 3.61. The summed E-state index contributed by atoms with van der Waals surface area (Å²) in [6.07, 6.45) is 7.04. The molecule has 6 rings (SSSR count). The van der Waals surface area contributed by atoms with Gasteiger partial charge in [-0.1, -0.05) is 0 Å². The van der Waals surface area contributed by atoms with Crippen molar-refractivity contribution < 1.29 is 18.6 Å². The molecule has 2 N–H and O–H groups in total. The zero-order valence-corrected chi connectivity index (χ0v) is 20.1. The SMILES string of the molecule is CC1(C)O[C@@H]2[C@H](O1)[C@@H](Oc1ccc(F)c3c1CCCC3)C[C@H]2n1cc(Br)c2c(N)ncnc21. The van der Waals surface area contributed by atoms with Crippen molar-refractivity contribution in [2.45, 2.75) is 76.1 Å². The molecule has 2 fully saturated rings. The highest BCUT2D eigenvalue weighted by atomic mass is 79.9. The van der Waals surface area contributed by atoms with Crippen molar-refractivity contribution in [3.63, 3.8) is 0 Å².